The van der Waals surface area contributed by atoms with Crippen molar-refractivity contribution in [3.05, 3.63) is 59.1 Å². The fourth-order valence-electron chi connectivity index (χ4n) is 2.69. The van der Waals surface area contributed by atoms with E-state index in [1.165, 1.54) is 0 Å². The fraction of sp³-hybridized carbons (Fsp3) is 0.333. The summed E-state index contributed by atoms with van der Waals surface area (Å²) >= 11 is 5.92. The number of nitrogens with zero attached hydrogens (tertiary/aromatic N) is 1. The highest BCUT2D eigenvalue weighted by molar-refractivity contribution is 6.30. The van der Waals surface area contributed by atoms with Gasteiger partial charge in [-0.15, -0.1) is 0 Å². The SMILES string of the molecule is CN(C)c1ccc(NC(=O)CNC(=O)CC(C)(C)c2ccc(Cl)cc2)cc1. The van der Waals surface area contributed by atoms with E-state index in [1.54, 1.807) is 0 Å². The Balaban J connectivity index is 1.83. The van der Waals surface area contributed by atoms with Crippen LogP contribution in [-0.4, -0.2) is 32.5 Å². The zero-order valence-electron chi connectivity index (χ0n) is 16.2. The van der Waals surface area contributed by atoms with Crippen LogP contribution in [0.1, 0.15) is 25.8 Å². The lowest BCUT2D eigenvalue weighted by atomic mass is 9.81. The van der Waals surface area contributed by atoms with Gasteiger partial charge in [0.25, 0.3) is 0 Å². The largest absolute Gasteiger partial charge is 0.378 e. The molecule has 0 aliphatic carbocycles. The molecule has 144 valence electrons. The highest BCUT2D eigenvalue weighted by atomic mass is 35.5. The van der Waals surface area contributed by atoms with Crippen LogP contribution in [0.25, 0.3) is 0 Å². The average molecular weight is 388 g/mol. The van der Waals surface area contributed by atoms with E-state index in [0.29, 0.717) is 10.7 Å². The van der Waals surface area contributed by atoms with E-state index in [1.807, 2.05) is 81.4 Å². The Morgan fingerprint density at radius 2 is 1.56 bits per heavy atom. The first kappa shape index (κ1) is 20.8. The Kier molecular flexibility index (Phi) is 6.86. The van der Waals surface area contributed by atoms with E-state index < -0.39 is 0 Å². The molecule has 0 unspecified atom stereocenters. The summed E-state index contributed by atoms with van der Waals surface area (Å²) in [4.78, 5) is 26.3. The van der Waals surface area contributed by atoms with Gasteiger partial charge in [-0.25, -0.2) is 0 Å². The van der Waals surface area contributed by atoms with Gasteiger partial charge in [0.1, 0.15) is 0 Å². The molecule has 2 amide bonds. The van der Waals surface area contributed by atoms with Gasteiger partial charge in [-0.3, -0.25) is 9.59 Å². The summed E-state index contributed by atoms with van der Waals surface area (Å²) in [5.74, 6) is -0.432. The van der Waals surface area contributed by atoms with E-state index in [-0.39, 0.29) is 30.2 Å². The van der Waals surface area contributed by atoms with E-state index in [2.05, 4.69) is 10.6 Å². The Bertz CT molecular complexity index is 784. The first-order chi connectivity index (χ1) is 12.7. The van der Waals surface area contributed by atoms with Crippen LogP contribution < -0.4 is 15.5 Å². The van der Waals surface area contributed by atoms with E-state index in [0.717, 1.165) is 11.3 Å². The minimum Gasteiger partial charge on any atom is -0.378 e. The minimum atomic E-state index is -0.354. The number of hydrogen-bond donors (Lipinski definition) is 2. The molecule has 0 fully saturated rings. The molecule has 2 aromatic rings. The van der Waals surface area contributed by atoms with Crippen molar-refractivity contribution in [2.45, 2.75) is 25.7 Å². The molecule has 0 saturated heterocycles. The number of rotatable bonds is 7. The van der Waals surface area contributed by atoms with Crippen LogP contribution in [0.4, 0.5) is 11.4 Å². The lowest BCUT2D eigenvalue weighted by molar-refractivity contribution is -0.125. The van der Waals surface area contributed by atoms with Gasteiger partial charge >= 0.3 is 0 Å². The van der Waals surface area contributed by atoms with Gasteiger partial charge in [0, 0.05) is 36.9 Å². The zero-order valence-corrected chi connectivity index (χ0v) is 16.9. The second-order valence-corrected chi connectivity index (χ2v) is 7.77. The normalized spacial score (nSPS) is 11.0. The first-order valence-corrected chi connectivity index (χ1v) is 9.15. The van der Waals surface area contributed by atoms with Crippen molar-refractivity contribution in [3.8, 4) is 0 Å². The molecule has 0 spiro atoms. The van der Waals surface area contributed by atoms with Gasteiger partial charge in [0.2, 0.25) is 11.8 Å². The zero-order chi connectivity index (χ0) is 20.0. The van der Waals surface area contributed by atoms with E-state index in [4.69, 9.17) is 11.6 Å². The van der Waals surface area contributed by atoms with Crippen LogP contribution in [-0.2, 0) is 15.0 Å². The van der Waals surface area contributed by atoms with Crippen LogP contribution in [0, 0.1) is 0 Å². The molecule has 0 atom stereocenters. The molecule has 0 aliphatic rings. The molecule has 0 aromatic heterocycles. The first-order valence-electron chi connectivity index (χ1n) is 8.77. The van der Waals surface area contributed by atoms with Gasteiger partial charge in [0.05, 0.1) is 6.54 Å². The lowest BCUT2D eigenvalue weighted by Crippen LogP contribution is -2.36. The number of carbonyl (C=O) groups is 2. The maximum Gasteiger partial charge on any atom is 0.243 e. The molecule has 27 heavy (non-hydrogen) atoms. The summed E-state index contributed by atoms with van der Waals surface area (Å²) in [6, 6.07) is 15.0. The summed E-state index contributed by atoms with van der Waals surface area (Å²) in [6.07, 6.45) is 0.277. The molecular formula is C21H26ClN3O2. The van der Waals surface area contributed by atoms with Gasteiger partial charge in [0.15, 0.2) is 0 Å². The molecule has 0 saturated carbocycles. The minimum absolute atomic E-state index is 0.0645. The molecule has 2 rings (SSSR count). The smallest absolute Gasteiger partial charge is 0.243 e. The average Bonchev–Trinajstić information content (AvgIpc) is 2.60. The second-order valence-electron chi connectivity index (χ2n) is 7.33. The van der Waals surface area contributed by atoms with Crippen molar-refractivity contribution in [1.82, 2.24) is 5.32 Å². The van der Waals surface area contributed by atoms with Crippen LogP contribution in [0.5, 0.6) is 0 Å². The summed E-state index contributed by atoms with van der Waals surface area (Å²) in [7, 11) is 3.91. The van der Waals surface area contributed by atoms with Crippen molar-refractivity contribution < 1.29 is 9.59 Å². The Labute approximate surface area is 165 Å². The molecule has 0 bridgehead atoms. The number of amides is 2. The Morgan fingerprint density at radius 1 is 0.963 bits per heavy atom. The quantitative estimate of drug-likeness (QED) is 0.759. The molecular weight excluding hydrogens is 362 g/mol. The molecule has 0 heterocycles. The number of halogens is 1. The molecule has 0 radical (unpaired) electrons. The monoisotopic (exact) mass is 387 g/mol. The maximum absolute atomic E-state index is 12.3. The fourth-order valence-corrected chi connectivity index (χ4v) is 2.82. The number of hydrogen-bond acceptors (Lipinski definition) is 3. The topological polar surface area (TPSA) is 61.4 Å². The molecule has 2 N–H and O–H groups in total. The van der Waals surface area contributed by atoms with E-state index in [9.17, 15) is 9.59 Å². The maximum atomic E-state index is 12.3. The summed E-state index contributed by atoms with van der Waals surface area (Å²) in [5, 5.41) is 6.12. The number of benzene rings is 2. The van der Waals surface area contributed by atoms with Crippen LogP contribution in [0.3, 0.4) is 0 Å². The van der Waals surface area contributed by atoms with Crippen molar-refractivity contribution in [3.63, 3.8) is 0 Å². The highest BCUT2D eigenvalue weighted by Gasteiger charge is 2.24. The predicted molar refractivity (Wildman–Crippen MR) is 112 cm³/mol. The highest BCUT2D eigenvalue weighted by Crippen LogP contribution is 2.27. The van der Waals surface area contributed by atoms with Gasteiger partial charge in [-0.1, -0.05) is 37.6 Å². The number of carbonyl (C=O) groups excluding carboxylic acids is 2. The number of anilines is 2. The standard InChI is InChI=1S/C21H26ClN3O2/c1-21(2,15-5-7-16(22)8-6-15)13-19(26)23-14-20(27)24-17-9-11-18(12-10-17)25(3)4/h5-12H,13-14H2,1-4H3,(H,23,26)(H,24,27). The molecule has 6 heteroatoms. The third-order valence-corrected chi connectivity index (χ3v) is 4.59. The van der Waals surface area contributed by atoms with Gasteiger partial charge in [-0.05, 0) is 47.4 Å². The summed E-state index contributed by atoms with van der Waals surface area (Å²) < 4.78 is 0. The van der Waals surface area contributed by atoms with Crippen molar-refractivity contribution in [2.75, 3.05) is 30.9 Å². The van der Waals surface area contributed by atoms with Crippen molar-refractivity contribution in [1.29, 1.82) is 0 Å². The third-order valence-electron chi connectivity index (χ3n) is 4.34. The van der Waals surface area contributed by atoms with Crippen LogP contribution >= 0.6 is 11.6 Å². The predicted octanol–water partition coefficient (Wildman–Crippen LogP) is 3.83. The second kappa shape index (κ2) is 8.91. The molecule has 2 aromatic carbocycles. The van der Waals surface area contributed by atoms with Crippen molar-refractivity contribution in [2.24, 2.45) is 0 Å². The molecule has 0 aliphatic heterocycles. The summed E-state index contributed by atoms with van der Waals surface area (Å²) in [5.41, 5.74) is 2.41. The van der Waals surface area contributed by atoms with Crippen LogP contribution in [0.2, 0.25) is 5.02 Å². The van der Waals surface area contributed by atoms with Gasteiger partial charge in [-0.2, -0.15) is 0 Å². The molecule has 5 nitrogen and oxygen atoms in total. The van der Waals surface area contributed by atoms with Gasteiger partial charge < -0.3 is 15.5 Å². The van der Waals surface area contributed by atoms with E-state index >= 15 is 0 Å². The lowest BCUT2D eigenvalue weighted by Gasteiger charge is -2.24. The third kappa shape index (κ3) is 6.29. The van der Waals surface area contributed by atoms with Crippen molar-refractivity contribution >= 4 is 34.8 Å². The Hall–Kier alpha value is -2.53. The Morgan fingerprint density at radius 3 is 2.11 bits per heavy atom. The number of nitrogens with one attached hydrogen (secondary N) is 2. The summed E-state index contributed by atoms with van der Waals surface area (Å²) in [6.45, 7) is 3.91. The van der Waals surface area contributed by atoms with Crippen LogP contribution in [0.15, 0.2) is 48.5 Å².